The highest BCUT2D eigenvalue weighted by atomic mass is 19.1. The summed E-state index contributed by atoms with van der Waals surface area (Å²) < 4.78 is 28.9. The number of aromatic nitrogens is 4. The molecule has 0 aliphatic carbocycles. The third-order valence-corrected chi connectivity index (χ3v) is 3.80. The maximum atomic E-state index is 13.6. The lowest BCUT2D eigenvalue weighted by Crippen LogP contribution is -2.24. The van der Waals surface area contributed by atoms with Crippen molar-refractivity contribution in [1.82, 2.24) is 19.7 Å². The molecule has 0 spiro atoms. The van der Waals surface area contributed by atoms with Crippen LogP contribution in [0.4, 0.5) is 14.7 Å². The molecule has 132 valence electrons. The van der Waals surface area contributed by atoms with Crippen LogP contribution in [0.1, 0.15) is 26.3 Å². The van der Waals surface area contributed by atoms with Crippen LogP contribution < -0.4 is 10.9 Å². The van der Waals surface area contributed by atoms with Gasteiger partial charge in [-0.2, -0.15) is 10.1 Å². The van der Waals surface area contributed by atoms with E-state index in [1.807, 2.05) is 20.8 Å². The number of fused-ring (bicyclic) bond motifs is 1. The van der Waals surface area contributed by atoms with E-state index in [9.17, 15) is 13.6 Å². The van der Waals surface area contributed by atoms with E-state index in [0.29, 0.717) is 11.0 Å². The van der Waals surface area contributed by atoms with Crippen LogP contribution in [0.15, 0.2) is 29.2 Å². The fourth-order valence-electron chi connectivity index (χ4n) is 2.57. The van der Waals surface area contributed by atoms with Gasteiger partial charge in [-0.3, -0.25) is 9.78 Å². The normalized spacial score (nSPS) is 11.9. The quantitative estimate of drug-likeness (QED) is 0.761. The first kappa shape index (κ1) is 17.1. The molecular formula is C17H19F2N5O. The molecule has 0 atom stereocenters. The zero-order valence-corrected chi connectivity index (χ0v) is 14.2. The van der Waals surface area contributed by atoms with Crippen LogP contribution in [0.2, 0.25) is 0 Å². The zero-order valence-electron chi connectivity index (χ0n) is 14.2. The minimum atomic E-state index is -0.593. The molecule has 0 unspecified atom stereocenters. The summed E-state index contributed by atoms with van der Waals surface area (Å²) in [4.78, 5) is 19.2. The van der Waals surface area contributed by atoms with Crippen LogP contribution in [-0.2, 0) is 12.0 Å². The third-order valence-electron chi connectivity index (χ3n) is 3.80. The van der Waals surface area contributed by atoms with Gasteiger partial charge in [-0.1, -0.05) is 6.07 Å². The summed E-state index contributed by atoms with van der Waals surface area (Å²) in [7, 11) is 0. The summed E-state index contributed by atoms with van der Waals surface area (Å²) in [6, 6.07) is 3.75. The number of nitrogens with zero attached hydrogens (tertiary/aromatic N) is 3. The van der Waals surface area contributed by atoms with Crippen molar-refractivity contribution in [1.29, 1.82) is 0 Å². The minimum absolute atomic E-state index is 0.00171. The van der Waals surface area contributed by atoms with Crippen molar-refractivity contribution in [3.05, 3.63) is 51.9 Å². The Morgan fingerprint density at radius 2 is 1.92 bits per heavy atom. The highest BCUT2D eigenvalue weighted by molar-refractivity contribution is 5.74. The zero-order chi connectivity index (χ0) is 18.2. The molecule has 2 N–H and O–H groups in total. The molecule has 0 bridgehead atoms. The number of rotatable bonds is 4. The van der Waals surface area contributed by atoms with Gasteiger partial charge in [0.05, 0.1) is 11.7 Å². The van der Waals surface area contributed by atoms with Gasteiger partial charge in [0, 0.05) is 12.1 Å². The number of halogens is 2. The van der Waals surface area contributed by atoms with Gasteiger partial charge in [-0.15, -0.1) is 0 Å². The topological polar surface area (TPSA) is 75.6 Å². The molecule has 25 heavy (non-hydrogen) atoms. The van der Waals surface area contributed by atoms with E-state index in [4.69, 9.17) is 0 Å². The minimum Gasteiger partial charge on any atom is -0.355 e. The van der Waals surface area contributed by atoms with E-state index in [1.54, 1.807) is 4.68 Å². The second-order valence-electron chi connectivity index (χ2n) is 6.76. The molecule has 0 amide bonds. The van der Waals surface area contributed by atoms with E-state index in [1.165, 1.54) is 24.4 Å². The Labute approximate surface area is 142 Å². The van der Waals surface area contributed by atoms with Crippen LogP contribution in [0.5, 0.6) is 0 Å². The molecule has 0 aliphatic heterocycles. The van der Waals surface area contributed by atoms with Gasteiger partial charge in [0.2, 0.25) is 5.95 Å². The van der Waals surface area contributed by atoms with Crippen molar-refractivity contribution in [2.75, 3.05) is 11.9 Å². The molecule has 0 saturated carbocycles. The van der Waals surface area contributed by atoms with Crippen molar-refractivity contribution < 1.29 is 8.78 Å². The first-order chi connectivity index (χ1) is 11.8. The fourth-order valence-corrected chi connectivity index (χ4v) is 2.57. The average molecular weight is 347 g/mol. The lowest BCUT2D eigenvalue weighted by molar-refractivity contribution is 0.366. The molecule has 2 heterocycles. The summed E-state index contributed by atoms with van der Waals surface area (Å²) in [6.07, 6.45) is 1.60. The Kier molecular flexibility index (Phi) is 4.28. The Morgan fingerprint density at radius 3 is 2.56 bits per heavy atom. The smallest absolute Gasteiger partial charge is 0.263 e. The molecule has 1 aromatic carbocycles. The summed E-state index contributed by atoms with van der Waals surface area (Å²) in [5, 5.41) is 7.52. The second-order valence-corrected chi connectivity index (χ2v) is 6.76. The maximum absolute atomic E-state index is 13.6. The molecule has 3 aromatic rings. The monoisotopic (exact) mass is 347 g/mol. The molecule has 0 saturated heterocycles. The number of aromatic amines is 1. The molecule has 8 heteroatoms. The average Bonchev–Trinajstić information content (AvgIpc) is 2.95. The first-order valence-electron chi connectivity index (χ1n) is 7.92. The van der Waals surface area contributed by atoms with Crippen LogP contribution >= 0.6 is 0 Å². The summed E-state index contributed by atoms with van der Waals surface area (Å²) in [6.45, 7) is 6.08. The van der Waals surface area contributed by atoms with Gasteiger partial charge in [0.25, 0.3) is 5.56 Å². The van der Waals surface area contributed by atoms with Gasteiger partial charge in [-0.05, 0) is 39.3 Å². The Morgan fingerprint density at radius 1 is 1.24 bits per heavy atom. The van der Waals surface area contributed by atoms with E-state index < -0.39 is 11.6 Å². The van der Waals surface area contributed by atoms with Gasteiger partial charge in [0.1, 0.15) is 17.0 Å². The fraction of sp³-hybridized carbons (Fsp3) is 0.353. The number of benzene rings is 1. The Hall–Kier alpha value is -2.77. The standard InChI is InChI=1S/C17H19F2N5O/c1-17(2,3)24-14-11(9-21-24)15(25)23-16(22-14)20-8-7-10-12(18)5-4-6-13(10)19/h4-6,9H,7-8H2,1-3H3,(H2,20,22,23,25). The van der Waals surface area contributed by atoms with Crippen molar-refractivity contribution in [2.24, 2.45) is 0 Å². The van der Waals surface area contributed by atoms with E-state index >= 15 is 0 Å². The maximum Gasteiger partial charge on any atom is 0.263 e. The SMILES string of the molecule is CC(C)(C)n1ncc2c(=O)[nH]c(NCCc3c(F)cccc3F)nc21. The lowest BCUT2D eigenvalue weighted by atomic mass is 10.1. The Balaban J connectivity index is 1.84. The van der Waals surface area contributed by atoms with Crippen LogP contribution in [0.25, 0.3) is 11.0 Å². The van der Waals surface area contributed by atoms with Crippen LogP contribution in [-0.4, -0.2) is 26.3 Å². The highest BCUT2D eigenvalue weighted by Gasteiger charge is 2.19. The van der Waals surface area contributed by atoms with Crippen LogP contribution in [0.3, 0.4) is 0 Å². The van der Waals surface area contributed by atoms with E-state index in [-0.39, 0.29) is 35.6 Å². The van der Waals surface area contributed by atoms with E-state index in [2.05, 4.69) is 20.4 Å². The molecule has 0 aliphatic rings. The summed E-state index contributed by atoms with van der Waals surface area (Å²) >= 11 is 0. The Bertz CT molecular complexity index is 951. The van der Waals surface area contributed by atoms with E-state index in [0.717, 1.165) is 0 Å². The van der Waals surface area contributed by atoms with Crippen molar-refractivity contribution in [2.45, 2.75) is 32.7 Å². The third kappa shape index (κ3) is 3.38. The van der Waals surface area contributed by atoms with Gasteiger partial charge in [0.15, 0.2) is 5.65 Å². The number of H-pyrrole nitrogens is 1. The molecule has 2 aromatic heterocycles. The molecule has 0 radical (unpaired) electrons. The largest absolute Gasteiger partial charge is 0.355 e. The molecule has 0 fully saturated rings. The predicted molar refractivity (Wildman–Crippen MR) is 91.7 cm³/mol. The van der Waals surface area contributed by atoms with Crippen molar-refractivity contribution >= 4 is 17.0 Å². The van der Waals surface area contributed by atoms with Gasteiger partial charge >= 0.3 is 0 Å². The molecule has 3 rings (SSSR count). The number of hydrogen-bond acceptors (Lipinski definition) is 4. The number of nitrogens with one attached hydrogen (secondary N) is 2. The van der Waals surface area contributed by atoms with Gasteiger partial charge in [-0.25, -0.2) is 13.5 Å². The lowest BCUT2D eigenvalue weighted by Gasteiger charge is -2.19. The second kappa shape index (κ2) is 6.27. The van der Waals surface area contributed by atoms with Gasteiger partial charge < -0.3 is 5.32 Å². The van der Waals surface area contributed by atoms with Crippen molar-refractivity contribution in [3.63, 3.8) is 0 Å². The van der Waals surface area contributed by atoms with Crippen molar-refractivity contribution in [3.8, 4) is 0 Å². The highest BCUT2D eigenvalue weighted by Crippen LogP contribution is 2.19. The number of anilines is 1. The molecular weight excluding hydrogens is 328 g/mol. The van der Waals surface area contributed by atoms with Crippen LogP contribution in [0, 0.1) is 11.6 Å². The number of hydrogen-bond donors (Lipinski definition) is 2. The first-order valence-corrected chi connectivity index (χ1v) is 7.92. The summed E-state index contributed by atoms with van der Waals surface area (Å²) in [5.41, 5.74) is -0.204. The predicted octanol–water partition coefficient (Wildman–Crippen LogP) is 2.81. The molecule has 6 nitrogen and oxygen atoms in total. The summed E-state index contributed by atoms with van der Waals surface area (Å²) in [5.74, 6) is -0.950.